The van der Waals surface area contributed by atoms with E-state index in [9.17, 15) is 4.79 Å². The predicted molar refractivity (Wildman–Crippen MR) is 84.5 cm³/mol. The van der Waals surface area contributed by atoms with Gasteiger partial charge in [0.2, 0.25) is 0 Å². The molecule has 7 nitrogen and oxygen atoms in total. The van der Waals surface area contributed by atoms with E-state index in [2.05, 4.69) is 22.3 Å². The minimum atomic E-state index is -0.206. The molecule has 2 aromatic heterocycles. The molecular formula is C13H20N6OS. The number of amides is 1. The Morgan fingerprint density at radius 1 is 1.57 bits per heavy atom. The number of hydrogen-bond donors (Lipinski definition) is 2. The monoisotopic (exact) mass is 308 g/mol. The molecule has 3 N–H and O–H groups in total. The number of thiazole rings is 1. The number of aromatic nitrogens is 3. The SMILES string of the molecule is CCCN(C)c1nc(N)c(C(=O)NCc2ccnn2C)s1. The van der Waals surface area contributed by atoms with Crippen molar-refractivity contribution in [2.45, 2.75) is 19.9 Å². The highest BCUT2D eigenvalue weighted by atomic mass is 32.1. The third kappa shape index (κ3) is 3.52. The second kappa shape index (κ2) is 6.57. The molecule has 2 rings (SSSR count). The first-order valence-corrected chi connectivity index (χ1v) is 7.57. The van der Waals surface area contributed by atoms with Crippen LogP contribution in [0.2, 0.25) is 0 Å². The first kappa shape index (κ1) is 15.3. The molecule has 8 heteroatoms. The molecule has 2 heterocycles. The van der Waals surface area contributed by atoms with Crippen molar-refractivity contribution < 1.29 is 4.79 Å². The molecule has 0 aliphatic carbocycles. The summed E-state index contributed by atoms with van der Waals surface area (Å²) in [5.41, 5.74) is 6.78. The molecule has 0 spiro atoms. The Bertz CT molecular complexity index is 620. The van der Waals surface area contributed by atoms with Gasteiger partial charge in [-0.1, -0.05) is 18.3 Å². The van der Waals surface area contributed by atoms with Crippen LogP contribution in [0.1, 0.15) is 28.7 Å². The van der Waals surface area contributed by atoms with E-state index in [1.807, 2.05) is 25.1 Å². The van der Waals surface area contributed by atoms with Gasteiger partial charge in [-0.25, -0.2) is 4.98 Å². The molecule has 2 aromatic rings. The second-order valence-electron chi connectivity index (χ2n) is 4.76. The summed E-state index contributed by atoms with van der Waals surface area (Å²) in [5.74, 6) is 0.0720. The summed E-state index contributed by atoms with van der Waals surface area (Å²) in [5, 5.41) is 7.66. The molecule has 0 saturated heterocycles. The number of aryl methyl sites for hydroxylation is 1. The van der Waals surface area contributed by atoms with E-state index in [4.69, 9.17) is 5.73 Å². The van der Waals surface area contributed by atoms with E-state index in [1.165, 1.54) is 11.3 Å². The number of carbonyl (C=O) groups is 1. The van der Waals surface area contributed by atoms with E-state index in [1.54, 1.807) is 10.9 Å². The second-order valence-corrected chi connectivity index (χ2v) is 5.74. The quantitative estimate of drug-likeness (QED) is 0.838. The van der Waals surface area contributed by atoms with Gasteiger partial charge >= 0.3 is 0 Å². The molecule has 0 unspecified atom stereocenters. The smallest absolute Gasteiger partial charge is 0.265 e. The van der Waals surface area contributed by atoms with Crippen LogP contribution in [0.3, 0.4) is 0 Å². The average molecular weight is 308 g/mol. The van der Waals surface area contributed by atoms with E-state index < -0.39 is 0 Å². The molecule has 0 aliphatic heterocycles. The maximum atomic E-state index is 12.2. The molecule has 114 valence electrons. The van der Waals surface area contributed by atoms with E-state index in [0.29, 0.717) is 11.4 Å². The summed E-state index contributed by atoms with van der Waals surface area (Å²) in [6.07, 6.45) is 2.71. The van der Waals surface area contributed by atoms with Crippen LogP contribution in [-0.4, -0.2) is 34.3 Å². The van der Waals surface area contributed by atoms with Gasteiger partial charge in [-0.3, -0.25) is 9.48 Å². The van der Waals surface area contributed by atoms with Crippen molar-refractivity contribution in [3.8, 4) is 0 Å². The molecule has 21 heavy (non-hydrogen) atoms. The van der Waals surface area contributed by atoms with E-state index in [0.717, 1.165) is 23.8 Å². The Labute approximate surface area is 127 Å². The standard InChI is InChI=1S/C13H20N6OS/c1-4-7-18(2)13-17-11(14)10(21-13)12(20)15-8-9-5-6-16-19(9)3/h5-6H,4,7-8,14H2,1-3H3,(H,15,20). The lowest BCUT2D eigenvalue weighted by Crippen LogP contribution is -2.24. The maximum Gasteiger partial charge on any atom is 0.265 e. The van der Waals surface area contributed by atoms with Gasteiger partial charge in [-0.05, 0) is 12.5 Å². The van der Waals surface area contributed by atoms with Gasteiger partial charge in [0, 0.05) is 26.8 Å². The fourth-order valence-electron chi connectivity index (χ4n) is 1.90. The first-order valence-electron chi connectivity index (χ1n) is 6.75. The largest absolute Gasteiger partial charge is 0.382 e. The molecular weight excluding hydrogens is 288 g/mol. The fourth-order valence-corrected chi connectivity index (χ4v) is 2.79. The fraction of sp³-hybridized carbons (Fsp3) is 0.462. The van der Waals surface area contributed by atoms with Crippen molar-refractivity contribution in [3.63, 3.8) is 0 Å². The lowest BCUT2D eigenvalue weighted by molar-refractivity contribution is 0.0955. The number of rotatable bonds is 6. The highest BCUT2D eigenvalue weighted by Gasteiger charge is 2.18. The highest BCUT2D eigenvalue weighted by Crippen LogP contribution is 2.27. The van der Waals surface area contributed by atoms with Crippen molar-refractivity contribution in [1.29, 1.82) is 0 Å². The highest BCUT2D eigenvalue weighted by molar-refractivity contribution is 7.18. The number of nitrogens with two attached hydrogens (primary N) is 1. The predicted octanol–water partition coefficient (Wildman–Crippen LogP) is 1.23. The molecule has 1 amide bonds. The van der Waals surface area contributed by atoms with E-state index >= 15 is 0 Å². The normalized spacial score (nSPS) is 10.6. The topological polar surface area (TPSA) is 89.1 Å². The maximum absolute atomic E-state index is 12.2. The van der Waals surface area contributed by atoms with Crippen LogP contribution in [0.15, 0.2) is 12.3 Å². The van der Waals surface area contributed by atoms with Gasteiger partial charge in [0.25, 0.3) is 5.91 Å². The Morgan fingerprint density at radius 2 is 2.33 bits per heavy atom. The Morgan fingerprint density at radius 3 is 2.95 bits per heavy atom. The van der Waals surface area contributed by atoms with Gasteiger partial charge in [0.05, 0.1) is 12.2 Å². The number of nitrogens with zero attached hydrogens (tertiary/aromatic N) is 4. The van der Waals surface area contributed by atoms with Crippen LogP contribution in [0, 0.1) is 0 Å². The summed E-state index contributed by atoms with van der Waals surface area (Å²) in [6, 6.07) is 1.86. The zero-order valence-corrected chi connectivity index (χ0v) is 13.3. The minimum absolute atomic E-state index is 0.206. The van der Waals surface area contributed by atoms with E-state index in [-0.39, 0.29) is 11.7 Å². The number of anilines is 2. The van der Waals surface area contributed by atoms with Crippen molar-refractivity contribution in [2.75, 3.05) is 24.2 Å². The third-order valence-corrected chi connectivity index (χ3v) is 4.27. The number of hydrogen-bond acceptors (Lipinski definition) is 6. The third-order valence-electron chi connectivity index (χ3n) is 3.09. The summed E-state index contributed by atoms with van der Waals surface area (Å²) in [7, 11) is 3.78. The summed E-state index contributed by atoms with van der Waals surface area (Å²) in [4.78, 5) is 18.9. The van der Waals surface area contributed by atoms with Crippen LogP contribution >= 0.6 is 11.3 Å². The molecule has 0 aromatic carbocycles. The average Bonchev–Trinajstić information content (AvgIpc) is 3.02. The number of nitrogen functional groups attached to an aromatic ring is 1. The Hall–Kier alpha value is -2.09. The first-order chi connectivity index (χ1) is 10.0. The summed E-state index contributed by atoms with van der Waals surface area (Å²) < 4.78 is 1.72. The van der Waals surface area contributed by atoms with Crippen LogP contribution in [-0.2, 0) is 13.6 Å². The molecule has 0 fully saturated rings. The van der Waals surface area contributed by atoms with Gasteiger partial charge < -0.3 is 16.0 Å². The molecule has 0 radical (unpaired) electrons. The zero-order valence-electron chi connectivity index (χ0n) is 12.5. The molecule has 0 atom stereocenters. The van der Waals surface area contributed by atoms with Crippen molar-refractivity contribution in [3.05, 3.63) is 22.8 Å². The van der Waals surface area contributed by atoms with Crippen LogP contribution in [0.5, 0.6) is 0 Å². The molecule has 0 aliphatic rings. The molecule has 0 saturated carbocycles. The molecule has 0 bridgehead atoms. The van der Waals surface area contributed by atoms with Crippen LogP contribution in [0.4, 0.5) is 10.9 Å². The van der Waals surface area contributed by atoms with Gasteiger partial charge in [0.15, 0.2) is 5.13 Å². The van der Waals surface area contributed by atoms with Gasteiger partial charge in [-0.15, -0.1) is 0 Å². The Kier molecular flexibility index (Phi) is 4.79. The lowest BCUT2D eigenvalue weighted by Gasteiger charge is -2.13. The summed E-state index contributed by atoms with van der Waals surface area (Å²) >= 11 is 1.31. The van der Waals surface area contributed by atoms with Crippen molar-refractivity contribution in [2.24, 2.45) is 7.05 Å². The van der Waals surface area contributed by atoms with Crippen LogP contribution in [0.25, 0.3) is 0 Å². The van der Waals surface area contributed by atoms with Gasteiger partial charge in [-0.2, -0.15) is 5.10 Å². The zero-order chi connectivity index (χ0) is 15.4. The Balaban J connectivity index is 2.04. The number of carbonyl (C=O) groups excluding carboxylic acids is 1. The lowest BCUT2D eigenvalue weighted by atomic mass is 10.4. The summed E-state index contributed by atoms with van der Waals surface area (Å²) in [6.45, 7) is 3.38. The van der Waals surface area contributed by atoms with Crippen molar-refractivity contribution >= 4 is 28.2 Å². The number of nitrogens with one attached hydrogen (secondary N) is 1. The van der Waals surface area contributed by atoms with Gasteiger partial charge in [0.1, 0.15) is 10.7 Å². The minimum Gasteiger partial charge on any atom is -0.382 e. The van der Waals surface area contributed by atoms with Crippen LogP contribution < -0.4 is 16.0 Å². The van der Waals surface area contributed by atoms with Crippen molar-refractivity contribution in [1.82, 2.24) is 20.1 Å².